The summed E-state index contributed by atoms with van der Waals surface area (Å²) < 4.78 is 27.4. The molecule has 1 saturated heterocycles. The molecule has 1 aliphatic rings. The molecule has 1 aliphatic heterocycles. The summed E-state index contributed by atoms with van der Waals surface area (Å²) in [4.78, 5) is 27.0. The van der Waals surface area contributed by atoms with Crippen molar-refractivity contribution in [3.63, 3.8) is 0 Å². The molecular weight excluding hydrogens is 414 g/mol. The lowest BCUT2D eigenvalue weighted by molar-refractivity contribution is -0.126. The van der Waals surface area contributed by atoms with Crippen LogP contribution in [0.25, 0.3) is 0 Å². The molecule has 1 unspecified atom stereocenters. The lowest BCUT2D eigenvalue weighted by Gasteiger charge is -2.32. The third kappa shape index (κ3) is 5.85. The van der Waals surface area contributed by atoms with Crippen LogP contribution in [0.1, 0.15) is 43.5 Å². The van der Waals surface area contributed by atoms with Crippen LogP contribution in [0.2, 0.25) is 0 Å². The first-order chi connectivity index (χ1) is 14.8. The molecule has 8 heteroatoms. The van der Waals surface area contributed by atoms with Crippen molar-refractivity contribution in [1.82, 2.24) is 10.2 Å². The number of carbonyl (C=O) groups excluding carboxylic acids is 2. The van der Waals surface area contributed by atoms with E-state index in [9.17, 15) is 18.0 Å². The Labute approximate surface area is 183 Å². The largest absolute Gasteiger partial charge is 0.353 e. The molecule has 1 fully saturated rings. The molecule has 0 aromatic heterocycles. The Morgan fingerprint density at radius 1 is 1.03 bits per heavy atom. The molecule has 0 saturated carbocycles. The van der Waals surface area contributed by atoms with Gasteiger partial charge < -0.3 is 10.2 Å². The van der Waals surface area contributed by atoms with E-state index in [0.29, 0.717) is 37.2 Å². The fourth-order valence-corrected chi connectivity index (χ4v) is 4.56. The highest BCUT2D eigenvalue weighted by Gasteiger charge is 2.28. The summed E-state index contributed by atoms with van der Waals surface area (Å²) in [5.41, 5.74) is 0.881. The number of hydrogen-bond acceptors (Lipinski definition) is 4. The zero-order valence-electron chi connectivity index (χ0n) is 17.9. The fourth-order valence-electron chi connectivity index (χ4n) is 3.48. The van der Waals surface area contributed by atoms with Crippen LogP contribution in [0.4, 0.5) is 5.69 Å². The highest BCUT2D eigenvalue weighted by atomic mass is 32.2. The summed E-state index contributed by atoms with van der Waals surface area (Å²) in [6.45, 7) is 5.07. The van der Waals surface area contributed by atoms with E-state index in [-0.39, 0.29) is 28.7 Å². The van der Waals surface area contributed by atoms with Gasteiger partial charge in [0.05, 0.1) is 4.90 Å². The summed E-state index contributed by atoms with van der Waals surface area (Å²) in [6.07, 6.45) is 2.17. The van der Waals surface area contributed by atoms with Crippen molar-refractivity contribution >= 4 is 27.5 Å². The maximum atomic E-state index is 12.8. The number of carbonyl (C=O) groups is 2. The zero-order valence-corrected chi connectivity index (χ0v) is 18.7. The fraction of sp³-hybridized carbons (Fsp3) is 0.391. The second-order valence-corrected chi connectivity index (χ2v) is 9.56. The van der Waals surface area contributed by atoms with E-state index >= 15 is 0 Å². The lowest BCUT2D eigenvalue weighted by Crippen LogP contribution is -2.44. The molecule has 166 valence electrons. The van der Waals surface area contributed by atoms with Gasteiger partial charge in [-0.25, -0.2) is 8.42 Å². The molecular formula is C23H29N3O4S. The molecule has 0 bridgehead atoms. The number of piperidine rings is 1. The number of amides is 2. The highest BCUT2D eigenvalue weighted by Crippen LogP contribution is 2.21. The average Bonchev–Trinajstić information content (AvgIpc) is 2.79. The van der Waals surface area contributed by atoms with Gasteiger partial charge in [0.1, 0.15) is 0 Å². The molecule has 0 spiro atoms. The number of sulfonamides is 1. The van der Waals surface area contributed by atoms with Gasteiger partial charge in [0.2, 0.25) is 5.91 Å². The minimum absolute atomic E-state index is 0.0622. The Morgan fingerprint density at radius 3 is 2.23 bits per heavy atom. The first kappa shape index (κ1) is 22.8. The number of rotatable bonds is 7. The van der Waals surface area contributed by atoms with Crippen LogP contribution >= 0.6 is 0 Å². The molecule has 0 aliphatic carbocycles. The number of anilines is 1. The van der Waals surface area contributed by atoms with Gasteiger partial charge in [0.25, 0.3) is 15.9 Å². The van der Waals surface area contributed by atoms with Crippen LogP contribution in [-0.2, 0) is 14.8 Å². The quantitative estimate of drug-likeness (QED) is 0.687. The Balaban J connectivity index is 1.57. The highest BCUT2D eigenvalue weighted by molar-refractivity contribution is 7.92. The smallest absolute Gasteiger partial charge is 0.261 e. The molecule has 0 radical (unpaired) electrons. The first-order valence-corrected chi connectivity index (χ1v) is 12.1. The van der Waals surface area contributed by atoms with Crippen LogP contribution in [-0.4, -0.2) is 44.3 Å². The Morgan fingerprint density at radius 2 is 1.65 bits per heavy atom. The number of nitrogens with one attached hydrogen (secondary N) is 2. The summed E-state index contributed by atoms with van der Waals surface area (Å²) >= 11 is 0. The first-order valence-electron chi connectivity index (χ1n) is 10.6. The van der Waals surface area contributed by atoms with Crippen molar-refractivity contribution < 1.29 is 18.0 Å². The van der Waals surface area contributed by atoms with Crippen LogP contribution in [0.15, 0.2) is 59.5 Å². The molecule has 1 atom stereocenters. The zero-order chi connectivity index (χ0) is 22.4. The Hall–Kier alpha value is -2.87. The summed E-state index contributed by atoms with van der Waals surface area (Å²) in [5, 5.41) is 3.01. The summed E-state index contributed by atoms with van der Waals surface area (Å²) in [7, 11) is -3.68. The second kappa shape index (κ2) is 9.96. The maximum absolute atomic E-state index is 12.8. The number of benzene rings is 2. The summed E-state index contributed by atoms with van der Waals surface area (Å²) in [6, 6.07) is 14.7. The van der Waals surface area contributed by atoms with E-state index in [1.54, 1.807) is 47.4 Å². The van der Waals surface area contributed by atoms with E-state index in [0.717, 1.165) is 6.42 Å². The van der Waals surface area contributed by atoms with Gasteiger partial charge in [0.15, 0.2) is 0 Å². The Kier molecular flexibility index (Phi) is 7.33. The topological polar surface area (TPSA) is 95.6 Å². The molecule has 2 amide bonds. The van der Waals surface area contributed by atoms with Gasteiger partial charge in [-0.3, -0.25) is 14.3 Å². The van der Waals surface area contributed by atoms with Gasteiger partial charge in [-0.2, -0.15) is 0 Å². The number of likely N-dealkylation sites (tertiary alicyclic amines) is 1. The molecule has 31 heavy (non-hydrogen) atoms. The van der Waals surface area contributed by atoms with Crippen molar-refractivity contribution in [2.45, 2.75) is 44.0 Å². The van der Waals surface area contributed by atoms with Crippen LogP contribution in [0.5, 0.6) is 0 Å². The number of hydrogen-bond donors (Lipinski definition) is 2. The van der Waals surface area contributed by atoms with E-state index in [4.69, 9.17) is 0 Å². The normalized spacial score (nSPS) is 15.9. The van der Waals surface area contributed by atoms with E-state index < -0.39 is 10.0 Å². The second-order valence-electron chi connectivity index (χ2n) is 7.88. The standard InChI is InChI=1S/C23H29N3O4S/c1-3-17(2)24-22(27)18-13-15-26(16-14-18)23(28)19-9-11-20(12-10-19)25-31(29,30)21-7-5-4-6-8-21/h4-12,17-18,25H,3,13-16H2,1-2H3,(H,24,27). The minimum atomic E-state index is -3.68. The Bertz CT molecular complexity index is 999. The SMILES string of the molecule is CCC(C)NC(=O)C1CCN(C(=O)c2ccc(NS(=O)(=O)c3ccccc3)cc2)CC1. The predicted molar refractivity (Wildman–Crippen MR) is 120 cm³/mol. The van der Waals surface area contributed by atoms with E-state index in [1.807, 2.05) is 13.8 Å². The molecule has 2 aromatic rings. The van der Waals surface area contributed by atoms with Gasteiger partial charge >= 0.3 is 0 Å². The van der Waals surface area contributed by atoms with Crippen LogP contribution in [0.3, 0.4) is 0 Å². The van der Waals surface area contributed by atoms with Gasteiger partial charge in [0, 0.05) is 36.3 Å². The lowest BCUT2D eigenvalue weighted by atomic mass is 9.95. The van der Waals surface area contributed by atoms with E-state index in [2.05, 4.69) is 10.0 Å². The van der Waals surface area contributed by atoms with Crippen molar-refractivity contribution in [2.75, 3.05) is 17.8 Å². The predicted octanol–water partition coefficient (Wildman–Crippen LogP) is 3.25. The maximum Gasteiger partial charge on any atom is 0.261 e. The van der Waals surface area contributed by atoms with Crippen molar-refractivity contribution in [2.24, 2.45) is 5.92 Å². The van der Waals surface area contributed by atoms with Gasteiger partial charge in [-0.1, -0.05) is 25.1 Å². The van der Waals surface area contributed by atoms with Crippen LogP contribution < -0.4 is 10.0 Å². The molecule has 2 N–H and O–H groups in total. The van der Waals surface area contributed by atoms with Gasteiger partial charge in [-0.05, 0) is 62.6 Å². The molecule has 1 heterocycles. The third-order valence-electron chi connectivity index (χ3n) is 5.59. The molecule has 7 nitrogen and oxygen atoms in total. The minimum Gasteiger partial charge on any atom is -0.353 e. The van der Waals surface area contributed by atoms with Crippen molar-refractivity contribution in [3.8, 4) is 0 Å². The van der Waals surface area contributed by atoms with E-state index in [1.165, 1.54) is 12.1 Å². The molecule has 3 rings (SSSR count). The van der Waals surface area contributed by atoms with Crippen LogP contribution in [0, 0.1) is 5.92 Å². The van der Waals surface area contributed by atoms with Gasteiger partial charge in [-0.15, -0.1) is 0 Å². The third-order valence-corrected chi connectivity index (χ3v) is 6.99. The summed E-state index contributed by atoms with van der Waals surface area (Å²) in [5.74, 6) is -0.109. The molecule has 2 aromatic carbocycles. The van der Waals surface area contributed by atoms with Crippen molar-refractivity contribution in [1.29, 1.82) is 0 Å². The monoisotopic (exact) mass is 443 g/mol. The average molecular weight is 444 g/mol. The van der Waals surface area contributed by atoms with Crippen molar-refractivity contribution in [3.05, 3.63) is 60.2 Å². The number of nitrogens with zero attached hydrogens (tertiary/aromatic N) is 1.